The van der Waals surface area contributed by atoms with Crippen LogP contribution in [0.2, 0.25) is 0 Å². The number of halogens is 1. The Kier molecular flexibility index (Phi) is 3.28. The predicted molar refractivity (Wildman–Crippen MR) is 63.3 cm³/mol. The maximum absolute atomic E-state index is 13.2. The molecule has 1 amide bonds. The highest BCUT2D eigenvalue weighted by Gasteiger charge is 2.13. The van der Waals surface area contributed by atoms with Crippen molar-refractivity contribution in [1.82, 2.24) is 4.98 Å². The Hall–Kier alpha value is -2.70. The number of ether oxygens (including phenoxy) is 1. The van der Waals surface area contributed by atoms with E-state index in [2.05, 4.69) is 4.98 Å². The van der Waals surface area contributed by atoms with Gasteiger partial charge in [0.05, 0.1) is 5.52 Å². The summed E-state index contributed by atoms with van der Waals surface area (Å²) in [6, 6.07) is 4.74. The first-order valence-corrected chi connectivity index (χ1v) is 5.22. The number of hydrogen-bond acceptors (Lipinski definition) is 4. The van der Waals surface area contributed by atoms with Gasteiger partial charge in [0.2, 0.25) is 0 Å². The fourth-order valence-corrected chi connectivity index (χ4v) is 1.54. The number of carboxylic acid groups (broad SMARTS) is 1. The van der Waals surface area contributed by atoms with Crippen molar-refractivity contribution in [1.29, 1.82) is 0 Å². The SMILES string of the molecule is NC(=O)COc1cc(C(=O)O)nc2ccc(F)cc12. The molecule has 7 heteroatoms. The summed E-state index contributed by atoms with van der Waals surface area (Å²) in [6.45, 7) is -0.436. The quantitative estimate of drug-likeness (QED) is 0.855. The first-order chi connectivity index (χ1) is 8.97. The van der Waals surface area contributed by atoms with Gasteiger partial charge in [-0.1, -0.05) is 0 Å². The first kappa shape index (κ1) is 12.7. The highest BCUT2D eigenvalue weighted by molar-refractivity contribution is 5.93. The summed E-state index contributed by atoms with van der Waals surface area (Å²) in [5, 5.41) is 9.19. The van der Waals surface area contributed by atoms with Crippen molar-refractivity contribution in [2.24, 2.45) is 5.73 Å². The molecule has 0 bridgehead atoms. The number of amides is 1. The minimum absolute atomic E-state index is 0.0423. The van der Waals surface area contributed by atoms with Gasteiger partial charge in [0.15, 0.2) is 12.3 Å². The van der Waals surface area contributed by atoms with E-state index in [0.717, 1.165) is 18.2 Å². The molecule has 0 saturated heterocycles. The molecule has 6 nitrogen and oxygen atoms in total. The second kappa shape index (κ2) is 4.89. The number of aromatic carboxylic acids is 1. The van der Waals surface area contributed by atoms with Gasteiger partial charge in [0.25, 0.3) is 5.91 Å². The van der Waals surface area contributed by atoms with Crippen molar-refractivity contribution in [3.63, 3.8) is 0 Å². The van der Waals surface area contributed by atoms with E-state index in [4.69, 9.17) is 15.6 Å². The highest BCUT2D eigenvalue weighted by Crippen LogP contribution is 2.26. The Morgan fingerprint density at radius 3 is 2.74 bits per heavy atom. The van der Waals surface area contributed by atoms with Gasteiger partial charge in [-0.25, -0.2) is 14.2 Å². The van der Waals surface area contributed by atoms with E-state index in [1.165, 1.54) is 6.07 Å². The molecule has 0 fully saturated rings. The lowest BCUT2D eigenvalue weighted by molar-refractivity contribution is -0.119. The predicted octanol–water partition coefficient (Wildman–Crippen LogP) is 0.936. The minimum atomic E-state index is -1.25. The molecule has 3 N–H and O–H groups in total. The number of carboxylic acids is 1. The van der Waals surface area contributed by atoms with Crippen molar-refractivity contribution < 1.29 is 23.8 Å². The van der Waals surface area contributed by atoms with Crippen LogP contribution in [0.25, 0.3) is 10.9 Å². The lowest BCUT2D eigenvalue weighted by atomic mass is 10.1. The summed E-state index contributed by atoms with van der Waals surface area (Å²) in [4.78, 5) is 25.4. The summed E-state index contributed by atoms with van der Waals surface area (Å²) < 4.78 is 18.3. The number of carbonyl (C=O) groups is 2. The number of carbonyl (C=O) groups excluding carboxylic acids is 1. The zero-order valence-corrected chi connectivity index (χ0v) is 9.59. The molecule has 2 rings (SSSR count). The molecule has 0 radical (unpaired) electrons. The van der Waals surface area contributed by atoms with Gasteiger partial charge in [0.1, 0.15) is 11.6 Å². The van der Waals surface area contributed by atoms with Crippen molar-refractivity contribution in [3.05, 3.63) is 35.8 Å². The highest BCUT2D eigenvalue weighted by atomic mass is 19.1. The average Bonchev–Trinajstić information content (AvgIpc) is 2.35. The molecular formula is C12H9FN2O4. The molecule has 0 aliphatic rings. The van der Waals surface area contributed by atoms with Gasteiger partial charge < -0.3 is 15.6 Å². The molecule has 19 heavy (non-hydrogen) atoms. The number of nitrogens with two attached hydrogens (primary N) is 1. The van der Waals surface area contributed by atoms with Gasteiger partial charge >= 0.3 is 5.97 Å². The van der Waals surface area contributed by atoms with Crippen LogP contribution >= 0.6 is 0 Å². The maximum atomic E-state index is 13.2. The smallest absolute Gasteiger partial charge is 0.354 e. The Bertz CT molecular complexity index is 672. The Morgan fingerprint density at radius 1 is 1.37 bits per heavy atom. The van der Waals surface area contributed by atoms with Gasteiger partial charge in [-0.3, -0.25) is 4.79 Å². The standard InChI is InChI=1S/C12H9FN2O4/c13-6-1-2-8-7(3-6)10(19-5-11(14)16)4-9(15-8)12(17)18/h1-4H,5H2,(H2,14,16)(H,17,18). The third-order valence-corrected chi connectivity index (χ3v) is 2.32. The lowest BCUT2D eigenvalue weighted by Crippen LogP contribution is -2.20. The van der Waals surface area contributed by atoms with E-state index in [-0.39, 0.29) is 22.3 Å². The van der Waals surface area contributed by atoms with Crippen LogP contribution in [-0.4, -0.2) is 28.6 Å². The van der Waals surface area contributed by atoms with Crippen LogP contribution in [0.1, 0.15) is 10.5 Å². The average molecular weight is 264 g/mol. The molecule has 1 heterocycles. The van der Waals surface area contributed by atoms with E-state index >= 15 is 0 Å². The van der Waals surface area contributed by atoms with Crippen LogP contribution in [0.15, 0.2) is 24.3 Å². The Morgan fingerprint density at radius 2 is 2.11 bits per heavy atom. The molecule has 0 unspecified atom stereocenters. The molecule has 2 aromatic rings. The summed E-state index contributed by atoms with van der Waals surface area (Å²) in [6.07, 6.45) is 0. The summed E-state index contributed by atoms with van der Waals surface area (Å²) in [5.74, 6) is -2.46. The van der Waals surface area contributed by atoms with Crippen molar-refractivity contribution in [2.75, 3.05) is 6.61 Å². The van der Waals surface area contributed by atoms with Crippen LogP contribution in [0.4, 0.5) is 4.39 Å². The molecule has 1 aromatic heterocycles. The second-order valence-corrected chi connectivity index (χ2v) is 3.73. The zero-order chi connectivity index (χ0) is 14.0. The summed E-state index contributed by atoms with van der Waals surface area (Å²) >= 11 is 0. The normalized spacial score (nSPS) is 10.4. The zero-order valence-electron chi connectivity index (χ0n) is 9.59. The number of nitrogens with zero attached hydrogens (tertiary/aromatic N) is 1. The van der Waals surface area contributed by atoms with Crippen LogP contribution in [-0.2, 0) is 4.79 Å². The molecule has 0 saturated carbocycles. The van der Waals surface area contributed by atoms with Gasteiger partial charge in [-0.2, -0.15) is 0 Å². The fraction of sp³-hybridized carbons (Fsp3) is 0.0833. The monoisotopic (exact) mass is 264 g/mol. The topological polar surface area (TPSA) is 103 Å². The summed E-state index contributed by atoms with van der Waals surface area (Å²) in [5.41, 5.74) is 4.93. The van der Waals surface area contributed by atoms with E-state index in [0.29, 0.717) is 0 Å². The third-order valence-electron chi connectivity index (χ3n) is 2.32. The number of pyridine rings is 1. The van der Waals surface area contributed by atoms with Gasteiger partial charge in [0, 0.05) is 11.5 Å². The third kappa shape index (κ3) is 2.76. The largest absolute Gasteiger partial charge is 0.483 e. The van der Waals surface area contributed by atoms with Gasteiger partial charge in [-0.15, -0.1) is 0 Å². The second-order valence-electron chi connectivity index (χ2n) is 3.73. The molecule has 0 aliphatic carbocycles. The van der Waals surface area contributed by atoms with Crippen molar-refractivity contribution >= 4 is 22.8 Å². The van der Waals surface area contributed by atoms with Crippen LogP contribution in [0.3, 0.4) is 0 Å². The summed E-state index contributed by atoms with van der Waals surface area (Å²) in [7, 11) is 0. The van der Waals surface area contributed by atoms with E-state index in [9.17, 15) is 14.0 Å². The molecule has 1 aromatic carbocycles. The van der Waals surface area contributed by atoms with E-state index in [1.54, 1.807) is 0 Å². The van der Waals surface area contributed by atoms with Crippen molar-refractivity contribution in [2.45, 2.75) is 0 Å². The Labute approximate surface area is 106 Å². The van der Waals surface area contributed by atoms with Crippen molar-refractivity contribution in [3.8, 4) is 5.75 Å². The lowest BCUT2D eigenvalue weighted by Gasteiger charge is -2.08. The van der Waals surface area contributed by atoms with Gasteiger partial charge in [-0.05, 0) is 18.2 Å². The van der Waals surface area contributed by atoms with E-state index < -0.39 is 24.3 Å². The molecule has 98 valence electrons. The van der Waals surface area contributed by atoms with Crippen LogP contribution in [0.5, 0.6) is 5.75 Å². The number of hydrogen-bond donors (Lipinski definition) is 2. The molecule has 0 spiro atoms. The maximum Gasteiger partial charge on any atom is 0.354 e. The number of rotatable bonds is 4. The molecular weight excluding hydrogens is 255 g/mol. The number of primary amides is 1. The van der Waals surface area contributed by atoms with Crippen LogP contribution in [0, 0.1) is 5.82 Å². The minimum Gasteiger partial charge on any atom is -0.483 e. The molecule has 0 aliphatic heterocycles. The number of aromatic nitrogens is 1. The number of fused-ring (bicyclic) bond motifs is 1. The number of benzene rings is 1. The first-order valence-electron chi connectivity index (χ1n) is 5.22. The Balaban J connectivity index is 2.58. The fourth-order valence-electron chi connectivity index (χ4n) is 1.54. The molecule has 0 atom stereocenters. The van der Waals surface area contributed by atoms with E-state index in [1.807, 2.05) is 0 Å². The van der Waals surface area contributed by atoms with Crippen LogP contribution < -0.4 is 10.5 Å².